The van der Waals surface area contributed by atoms with E-state index in [2.05, 4.69) is 5.32 Å². The minimum atomic E-state index is -0.817. The lowest BCUT2D eigenvalue weighted by molar-refractivity contribution is 0.220. The highest BCUT2D eigenvalue weighted by Crippen LogP contribution is 2.17. The highest BCUT2D eigenvalue weighted by Gasteiger charge is 2.12. The Morgan fingerprint density at radius 1 is 1.23 bits per heavy atom. The number of nitrogens with one attached hydrogen (secondary N) is 1. The summed E-state index contributed by atoms with van der Waals surface area (Å²) in [6, 6.07) is 9.78. The number of carbonyl (C=O) groups is 1. The molecule has 0 saturated carbocycles. The fourth-order valence-corrected chi connectivity index (χ4v) is 1.92. The molecule has 2 aromatic rings. The molecule has 0 spiro atoms. The van der Waals surface area contributed by atoms with Crippen LogP contribution in [-0.4, -0.2) is 25.1 Å². The highest BCUT2D eigenvalue weighted by atomic mass is 19.1. The van der Waals surface area contributed by atoms with E-state index in [9.17, 15) is 13.6 Å². The van der Waals surface area contributed by atoms with Gasteiger partial charge in [0.1, 0.15) is 17.4 Å². The average molecular weight is 306 g/mol. The van der Waals surface area contributed by atoms with Crippen molar-refractivity contribution in [3.05, 3.63) is 59.7 Å². The van der Waals surface area contributed by atoms with Crippen LogP contribution in [0.3, 0.4) is 0 Å². The number of benzene rings is 2. The number of rotatable bonds is 4. The first-order valence-corrected chi connectivity index (χ1v) is 6.59. The van der Waals surface area contributed by atoms with Crippen LogP contribution in [0.5, 0.6) is 5.75 Å². The maximum atomic E-state index is 13.5. The molecular weight excluding hydrogens is 290 g/mol. The number of ether oxygens (including phenoxy) is 1. The van der Waals surface area contributed by atoms with E-state index in [0.29, 0.717) is 12.3 Å². The molecule has 0 atom stereocenters. The molecule has 0 aliphatic carbocycles. The second-order valence-corrected chi connectivity index (χ2v) is 4.76. The molecule has 2 amide bonds. The summed E-state index contributed by atoms with van der Waals surface area (Å²) in [6.07, 6.45) is 0. The zero-order chi connectivity index (χ0) is 16.1. The Morgan fingerprint density at radius 2 is 2.00 bits per heavy atom. The number of urea groups is 1. The lowest BCUT2D eigenvalue weighted by Gasteiger charge is -2.18. The third-order valence-electron chi connectivity index (χ3n) is 3.07. The van der Waals surface area contributed by atoms with Gasteiger partial charge >= 0.3 is 6.03 Å². The van der Waals surface area contributed by atoms with E-state index in [1.54, 1.807) is 20.2 Å². The van der Waals surface area contributed by atoms with Gasteiger partial charge in [-0.05, 0) is 29.8 Å². The zero-order valence-corrected chi connectivity index (χ0v) is 12.3. The molecule has 2 rings (SSSR count). The second-order valence-electron chi connectivity index (χ2n) is 4.76. The third-order valence-corrected chi connectivity index (χ3v) is 3.07. The topological polar surface area (TPSA) is 41.6 Å². The molecule has 0 saturated heterocycles. The summed E-state index contributed by atoms with van der Waals surface area (Å²) in [5, 5.41) is 2.40. The van der Waals surface area contributed by atoms with E-state index in [1.165, 1.54) is 11.0 Å². The summed E-state index contributed by atoms with van der Waals surface area (Å²) < 4.78 is 31.5. The Labute approximate surface area is 127 Å². The molecule has 116 valence electrons. The number of hydrogen-bond acceptors (Lipinski definition) is 2. The maximum Gasteiger partial charge on any atom is 0.321 e. The summed E-state index contributed by atoms with van der Waals surface area (Å²) in [7, 11) is 3.14. The molecule has 0 aliphatic heterocycles. The lowest BCUT2D eigenvalue weighted by Crippen LogP contribution is -2.31. The van der Waals surface area contributed by atoms with E-state index < -0.39 is 17.7 Å². The minimum Gasteiger partial charge on any atom is -0.497 e. The van der Waals surface area contributed by atoms with E-state index in [1.807, 2.05) is 18.2 Å². The first kappa shape index (κ1) is 15.8. The quantitative estimate of drug-likeness (QED) is 0.937. The first-order valence-electron chi connectivity index (χ1n) is 6.59. The van der Waals surface area contributed by atoms with Gasteiger partial charge < -0.3 is 15.0 Å². The second kappa shape index (κ2) is 6.89. The predicted molar refractivity (Wildman–Crippen MR) is 79.8 cm³/mol. The monoisotopic (exact) mass is 306 g/mol. The third kappa shape index (κ3) is 3.94. The van der Waals surface area contributed by atoms with Gasteiger partial charge in [-0.25, -0.2) is 13.6 Å². The van der Waals surface area contributed by atoms with Crippen molar-refractivity contribution in [3.8, 4) is 5.75 Å². The Kier molecular flexibility index (Phi) is 4.93. The summed E-state index contributed by atoms with van der Waals surface area (Å²) in [5.74, 6) is -0.820. The van der Waals surface area contributed by atoms with Crippen molar-refractivity contribution in [2.75, 3.05) is 19.5 Å². The fourth-order valence-electron chi connectivity index (χ4n) is 1.92. The number of hydrogen-bond donors (Lipinski definition) is 1. The molecule has 0 aliphatic rings. The fraction of sp³-hybridized carbons (Fsp3) is 0.188. The van der Waals surface area contributed by atoms with Gasteiger partial charge in [0.25, 0.3) is 0 Å². The van der Waals surface area contributed by atoms with Crippen molar-refractivity contribution in [3.63, 3.8) is 0 Å². The van der Waals surface area contributed by atoms with Crippen LogP contribution in [-0.2, 0) is 6.54 Å². The average Bonchev–Trinajstić information content (AvgIpc) is 2.50. The summed E-state index contributed by atoms with van der Waals surface area (Å²) in [4.78, 5) is 13.4. The molecule has 0 radical (unpaired) electrons. The molecule has 22 heavy (non-hydrogen) atoms. The molecule has 0 aromatic heterocycles. The summed E-state index contributed by atoms with van der Waals surface area (Å²) >= 11 is 0. The van der Waals surface area contributed by atoms with Gasteiger partial charge in [0, 0.05) is 19.7 Å². The summed E-state index contributed by atoms with van der Waals surface area (Å²) in [6.45, 7) is 0.325. The molecule has 1 N–H and O–H groups in total. The number of amides is 2. The molecule has 6 heteroatoms. The van der Waals surface area contributed by atoms with Gasteiger partial charge in [-0.3, -0.25) is 0 Å². The smallest absolute Gasteiger partial charge is 0.321 e. The molecule has 0 bridgehead atoms. The Morgan fingerprint density at radius 3 is 2.68 bits per heavy atom. The minimum absolute atomic E-state index is 0.0658. The SMILES string of the molecule is COc1cccc(CN(C)C(=O)Nc2ccc(F)cc2F)c1. The van der Waals surface area contributed by atoms with Crippen molar-refractivity contribution in [2.24, 2.45) is 0 Å². The van der Waals surface area contributed by atoms with Crippen LogP contribution in [0.25, 0.3) is 0 Å². The first-order chi connectivity index (χ1) is 10.5. The highest BCUT2D eigenvalue weighted by molar-refractivity contribution is 5.89. The zero-order valence-electron chi connectivity index (χ0n) is 12.3. The van der Waals surface area contributed by atoms with Gasteiger partial charge in [-0.2, -0.15) is 0 Å². The molecule has 0 fully saturated rings. The van der Waals surface area contributed by atoms with Gasteiger partial charge in [0.15, 0.2) is 0 Å². The van der Waals surface area contributed by atoms with Crippen LogP contribution in [0, 0.1) is 11.6 Å². The van der Waals surface area contributed by atoms with E-state index in [-0.39, 0.29) is 5.69 Å². The van der Waals surface area contributed by atoms with Crippen LogP contribution in [0.4, 0.5) is 19.3 Å². The standard InChI is InChI=1S/C16H16F2N2O2/c1-20(10-11-4-3-5-13(8-11)22-2)16(21)19-15-7-6-12(17)9-14(15)18/h3-9H,10H2,1-2H3,(H,19,21). The van der Waals surface area contributed by atoms with Gasteiger partial charge in [-0.1, -0.05) is 12.1 Å². The largest absolute Gasteiger partial charge is 0.497 e. The molecule has 0 heterocycles. The molecule has 4 nitrogen and oxygen atoms in total. The Bertz CT molecular complexity index is 677. The van der Waals surface area contributed by atoms with Crippen molar-refractivity contribution < 1.29 is 18.3 Å². The number of nitrogens with zero attached hydrogens (tertiary/aromatic N) is 1. The van der Waals surface area contributed by atoms with Crippen LogP contribution >= 0.6 is 0 Å². The van der Waals surface area contributed by atoms with E-state index in [4.69, 9.17) is 4.74 Å². The number of anilines is 1. The number of halogens is 2. The van der Waals surface area contributed by atoms with Crippen LogP contribution in [0.2, 0.25) is 0 Å². The van der Waals surface area contributed by atoms with Gasteiger partial charge in [-0.15, -0.1) is 0 Å². The molecule has 2 aromatic carbocycles. The predicted octanol–water partition coefficient (Wildman–Crippen LogP) is 3.64. The lowest BCUT2D eigenvalue weighted by atomic mass is 10.2. The number of carbonyl (C=O) groups excluding carboxylic acids is 1. The number of methoxy groups -OCH3 is 1. The van der Waals surface area contributed by atoms with Gasteiger partial charge in [0.2, 0.25) is 0 Å². The normalized spacial score (nSPS) is 10.2. The van der Waals surface area contributed by atoms with E-state index >= 15 is 0 Å². The van der Waals surface area contributed by atoms with Crippen LogP contribution in [0.15, 0.2) is 42.5 Å². The van der Waals surface area contributed by atoms with Crippen molar-refractivity contribution >= 4 is 11.7 Å². The maximum absolute atomic E-state index is 13.5. The molecule has 0 unspecified atom stereocenters. The van der Waals surface area contributed by atoms with Crippen LogP contribution in [0.1, 0.15) is 5.56 Å². The Hall–Kier alpha value is -2.63. The molecular formula is C16H16F2N2O2. The van der Waals surface area contributed by atoms with E-state index in [0.717, 1.165) is 17.7 Å². The Balaban J connectivity index is 2.02. The van der Waals surface area contributed by atoms with Crippen molar-refractivity contribution in [1.82, 2.24) is 4.90 Å². The van der Waals surface area contributed by atoms with Crippen molar-refractivity contribution in [1.29, 1.82) is 0 Å². The van der Waals surface area contributed by atoms with Gasteiger partial charge in [0.05, 0.1) is 12.8 Å². The van der Waals surface area contributed by atoms with Crippen LogP contribution < -0.4 is 10.1 Å². The summed E-state index contributed by atoms with van der Waals surface area (Å²) in [5.41, 5.74) is 0.806. The van der Waals surface area contributed by atoms with Crippen molar-refractivity contribution in [2.45, 2.75) is 6.54 Å².